The van der Waals surface area contributed by atoms with E-state index in [1.165, 1.54) is 5.56 Å². The van der Waals surface area contributed by atoms with Gasteiger partial charge in [-0.25, -0.2) is 0 Å². The van der Waals surface area contributed by atoms with Crippen LogP contribution in [0, 0.1) is 0 Å². The van der Waals surface area contributed by atoms with Crippen molar-refractivity contribution in [3.05, 3.63) is 35.4 Å². The number of amides is 2. The van der Waals surface area contributed by atoms with Gasteiger partial charge in [0.05, 0.1) is 6.42 Å². The molecule has 1 N–H and O–H groups in total. The number of likely N-dealkylation sites (N-methyl/N-ethyl adjacent to an activating group) is 1. The number of benzene rings is 1. The maximum Gasteiger partial charge on any atom is 0.242 e. The third-order valence-corrected chi connectivity index (χ3v) is 4.21. The fourth-order valence-electron chi connectivity index (χ4n) is 2.83. The van der Waals surface area contributed by atoms with Crippen molar-refractivity contribution in [1.29, 1.82) is 0 Å². The van der Waals surface area contributed by atoms with Gasteiger partial charge in [0, 0.05) is 13.6 Å². The van der Waals surface area contributed by atoms with Crippen LogP contribution in [-0.4, -0.2) is 36.3 Å². The van der Waals surface area contributed by atoms with Crippen molar-refractivity contribution in [3.63, 3.8) is 0 Å². The number of nitrogens with zero attached hydrogens (tertiary/aromatic N) is 1. The van der Waals surface area contributed by atoms with Crippen molar-refractivity contribution in [1.82, 2.24) is 10.2 Å². The maximum atomic E-state index is 12.5. The molecule has 1 aromatic rings. The van der Waals surface area contributed by atoms with Gasteiger partial charge < -0.3 is 10.2 Å². The van der Waals surface area contributed by atoms with E-state index in [1.807, 2.05) is 18.2 Å². The zero-order valence-corrected chi connectivity index (χ0v) is 12.9. The van der Waals surface area contributed by atoms with Crippen molar-refractivity contribution in [2.24, 2.45) is 0 Å². The topological polar surface area (TPSA) is 49.4 Å². The molecule has 21 heavy (non-hydrogen) atoms. The molecule has 0 radical (unpaired) electrons. The summed E-state index contributed by atoms with van der Waals surface area (Å²) in [7, 11) is 1.74. The summed E-state index contributed by atoms with van der Waals surface area (Å²) in [5.41, 5.74) is 2.26. The Hall–Kier alpha value is -1.84. The van der Waals surface area contributed by atoms with Crippen molar-refractivity contribution in [2.45, 2.75) is 45.1 Å². The van der Waals surface area contributed by atoms with E-state index >= 15 is 0 Å². The smallest absolute Gasteiger partial charge is 0.242 e. The van der Waals surface area contributed by atoms with E-state index in [-0.39, 0.29) is 17.9 Å². The van der Waals surface area contributed by atoms with Crippen LogP contribution in [0.2, 0.25) is 0 Å². The Morgan fingerprint density at radius 2 is 2.00 bits per heavy atom. The van der Waals surface area contributed by atoms with Crippen LogP contribution in [0.25, 0.3) is 0 Å². The van der Waals surface area contributed by atoms with Crippen LogP contribution >= 0.6 is 0 Å². The highest BCUT2D eigenvalue weighted by atomic mass is 16.2. The standard InChI is InChI=1S/C17H24N2O2/c1-3-13-8-4-5-9-14(13)12-16(20)19(2)15-10-6-7-11-18-17(15)21/h4-5,8-9,15H,3,6-7,10-12H2,1-2H3,(H,18,21)/t15-/m0/s1. The Morgan fingerprint density at radius 3 is 2.71 bits per heavy atom. The number of hydrogen-bond donors (Lipinski definition) is 1. The van der Waals surface area contributed by atoms with Gasteiger partial charge in [-0.3, -0.25) is 9.59 Å². The Balaban J connectivity index is 2.06. The molecule has 0 aliphatic carbocycles. The first-order valence-corrected chi connectivity index (χ1v) is 7.73. The lowest BCUT2D eigenvalue weighted by atomic mass is 10.0. The normalized spacial score (nSPS) is 18.8. The number of nitrogens with one attached hydrogen (secondary N) is 1. The van der Waals surface area contributed by atoms with E-state index in [4.69, 9.17) is 0 Å². The minimum absolute atomic E-state index is 0.0120. The molecule has 1 aliphatic heterocycles. The van der Waals surface area contributed by atoms with Crippen LogP contribution in [0.3, 0.4) is 0 Å². The summed E-state index contributed by atoms with van der Waals surface area (Å²) in [6, 6.07) is 7.68. The first kappa shape index (κ1) is 15.5. The summed E-state index contributed by atoms with van der Waals surface area (Å²) >= 11 is 0. The summed E-state index contributed by atoms with van der Waals surface area (Å²) in [6.07, 6.45) is 4.00. The van der Waals surface area contributed by atoms with E-state index in [9.17, 15) is 9.59 Å². The van der Waals surface area contributed by atoms with E-state index in [1.54, 1.807) is 11.9 Å². The molecule has 0 bridgehead atoms. The van der Waals surface area contributed by atoms with Gasteiger partial charge >= 0.3 is 0 Å². The molecule has 114 valence electrons. The lowest BCUT2D eigenvalue weighted by molar-refractivity contribution is -0.138. The number of carbonyl (C=O) groups is 2. The lowest BCUT2D eigenvalue weighted by Gasteiger charge is -2.26. The Bertz CT molecular complexity index is 513. The summed E-state index contributed by atoms with van der Waals surface area (Å²) in [5, 5.41) is 2.88. The Labute approximate surface area is 126 Å². The van der Waals surface area contributed by atoms with Crippen molar-refractivity contribution < 1.29 is 9.59 Å². The minimum Gasteiger partial charge on any atom is -0.354 e. The first-order valence-electron chi connectivity index (χ1n) is 7.73. The van der Waals surface area contributed by atoms with Gasteiger partial charge in [0.25, 0.3) is 0 Å². The molecule has 1 fully saturated rings. The summed E-state index contributed by atoms with van der Waals surface area (Å²) in [4.78, 5) is 26.1. The van der Waals surface area contributed by atoms with Crippen LogP contribution in [0.5, 0.6) is 0 Å². The Kier molecular flexibility index (Phi) is 5.37. The molecule has 0 aromatic heterocycles. The van der Waals surface area contributed by atoms with Crippen molar-refractivity contribution in [3.8, 4) is 0 Å². The monoisotopic (exact) mass is 288 g/mol. The molecule has 1 aliphatic rings. The second kappa shape index (κ2) is 7.25. The molecule has 1 heterocycles. The third kappa shape index (κ3) is 3.84. The van der Waals surface area contributed by atoms with Gasteiger partial charge in [-0.15, -0.1) is 0 Å². The van der Waals surface area contributed by atoms with Crippen LogP contribution in [0.1, 0.15) is 37.3 Å². The molecule has 2 amide bonds. The van der Waals surface area contributed by atoms with Gasteiger partial charge in [0.1, 0.15) is 6.04 Å². The fourth-order valence-corrected chi connectivity index (χ4v) is 2.83. The highest BCUT2D eigenvalue weighted by Gasteiger charge is 2.27. The minimum atomic E-state index is -0.325. The molecule has 4 nitrogen and oxygen atoms in total. The average Bonchev–Trinajstić information content (AvgIpc) is 2.71. The number of hydrogen-bond acceptors (Lipinski definition) is 2. The Morgan fingerprint density at radius 1 is 1.29 bits per heavy atom. The van der Waals surface area contributed by atoms with Crippen LogP contribution in [0.4, 0.5) is 0 Å². The van der Waals surface area contributed by atoms with E-state index in [0.717, 1.165) is 37.8 Å². The first-order chi connectivity index (χ1) is 10.1. The largest absolute Gasteiger partial charge is 0.354 e. The number of carbonyl (C=O) groups excluding carboxylic acids is 2. The van der Waals surface area contributed by atoms with E-state index in [2.05, 4.69) is 18.3 Å². The summed E-state index contributed by atoms with van der Waals surface area (Å²) < 4.78 is 0. The van der Waals surface area contributed by atoms with Crippen LogP contribution < -0.4 is 5.32 Å². The number of aryl methyl sites for hydroxylation is 1. The quantitative estimate of drug-likeness (QED) is 0.920. The molecule has 1 saturated heterocycles. The highest BCUT2D eigenvalue weighted by molar-refractivity contribution is 5.88. The molecule has 0 unspecified atom stereocenters. The molecule has 1 atom stereocenters. The second-order valence-corrected chi connectivity index (χ2v) is 5.61. The third-order valence-electron chi connectivity index (χ3n) is 4.21. The predicted molar refractivity (Wildman–Crippen MR) is 82.9 cm³/mol. The van der Waals surface area contributed by atoms with Crippen LogP contribution in [-0.2, 0) is 22.4 Å². The van der Waals surface area contributed by atoms with Gasteiger partial charge in [-0.2, -0.15) is 0 Å². The van der Waals surface area contributed by atoms with Crippen molar-refractivity contribution >= 4 is 11.8 Å². The molecule has 2 rings (SSSR count). The van der Waals surface area contributed by atoms with Gasteiger partial charge in [-0.1, -0.05) is 31.2 Å². The average molecular weight is 288 g/mol. The SMILES string of the molecule is CCc1ccccc1CC(=O)N(C)[C@H]1CCCCNC1=O. The van der Waals surface area contributed by atoms with E-state index in [0.29, 0.717) is 6.42 Å². The lowest BCUT2D eigenvalue weighted by Crippen LogP contribution is -2.47. The van der Waals surface area contributed by atoms with Gasteiger partial charge in [0.15, 0.2) is 0 Å². The number of rotatable bonds is 4. The molecule has 0 saturated carbocycles. The van der Waals surface area contributed by atoms with Crippen molar-refractivity contribution in [2.75, 3.05) is 13.6 Å². The van der Waals surface area contributed by atoms with Gasteiger partial charge in [0.2, 0.25) is 11.8 Å². The molecular formula is C17H24N2O2. The molecular weight excluding hydrogens is 264 g/mol. The molecule has 0 spiro atoms. The zero-order chi connectivity index (χ0) is 15.2. The van der Waals surface area contributed by atoms with E-state index < -0.39 is 0 Å². The summed E-state index contributed by atoms with van der Waals surface area (Å²) in [5.74, 6) is -0.00919. The predicted octanol–water partition coefficient (Wildman–Crippen LogP) is 1.92. The molecule has 1 aromatic carbocycles. The molecule has 4 heteroatoms. The zero-order valence-electron chi connectivity index (χ0n) is 12.9. The fraction of sp³-hybridized carbons (Fsp3) is 0.529. The van der Waals surface area contributed by atoms with Gasteiger partial charge in [-0.05, 0) is 36.8 Å². The summed E-state index contributed by atoms with van der Waals surface area (Å²) in [6.45, 7) is 2.81. The maximum absolute atomic E-state index is 12.5. The highest BCUT2D eigenvalue weighted by Crippen LogP contribution is 2.15. The second-order valence-electron chi connectivity index (χ2n) is 5.61. The van der Waals surface area contributed by atoms with Crippen LogP contribution in [0.15, 0.2) is 24.3 Å².